The maximum absolute atomic E-state index is 12.3. The van der Waals surface area contributed by atoms with Crippen LogP contribution in [0.15, 0.2) is 30.9 Å². The van der Waals surface area contributed by atoms with E-state index >= 15 is 0 Å². The Morgan fingerprint density at radius 3 is 2.87 bits per heavy atom. The van der Waals surface area contributed by atoms with Crippen LogP contribution in [-0.2, 0) is 0 Å². The molecule has 23 heavy (non-hydrogen) atoms. The van der Waals surface area contributed by atoms with E-state index in [4.69, 9.17) is 0 Å². The van der Waals surface area contributed by atoms with Crippen LogP contribution >= 0.6 is 0 Å². The molecule has 2 aromatic rings. The highest BCUT2D eigenvalue weighted by molar-refractivity contribution is 5.94. The zero-order valence-corrected chi connectivity index (χ0v) is 13.3. The second-order valence-electron chi connectivity index (χ2n) is 5.69. The van der Waals surface area contributed by atoms with Crippen LogP contribution in [-0.4, -0.2) is 64.8 Å². The summed E-state index contributed by atoms with van der Waals surface area (Å²) in [6.07, 6.45) is 3.14. The molecule has 7 nitrogen and oxygen atoms in total. The van der Waals surface area contributed by atoms with Gasteiger partial charge >= 0.3 is 0 Å². The maximum Gasteiger partial charge on any atom is 0.251 e. The second kappa shape index (κ2) is 7.34. The molecule has 1 aliphatic heterocycles. The third-order valence-electron chi connectivity index (χ3n) is 4.05. The summed E-state index contributed by atoms with van der Waals surface area (Å²) in [6, 6.07) is 5.61. The van der Waals surface area contributed by atoms with Crippen molar-refractivity contribution in [3.8, 4) is 5.69 Å². The monoisotopic (exact) mass is 314 g/mol. The third kappa shape index (κ3) is 3.94. The van der Waals surface area contributed by atoms with Crippen LogP contribution < -0.4 is 10.6 Å². The van der Waals surface area contributed by atoms with Gasteiger partial charge in [-0.25, -0.2) is 9.67 Å². The van der Waals surface area contributed by atoms with E-state index < -0.39 is 0 Å². The number of aryl methyl sites for hydroxylation is 1. The number of piperazine rings is 1. The molecule has 0 radical (unpaired) electrons. The Balaban J connectivity index is 1.56. The van der Waals surface area contributed by atoms with Gasteiger partial charge in [-0.1, -0.05) is 0 Å². The number of rotatable bonds is 5. The van der Waals surface area contributed by atoms with Crippen molar-refractivity contribution in [3.63, 3.8) is 0 Å². The van der Waals surface area contributed by atoms with E-state index in [1.807, 2.05) is 25.1 Å². The van der Waals surface area contributed by atoms with Gasteiger partial charge in [-0.3, -0.25) is 9.69 Å². The minimum Gasteiger partial charge on any atom is -0.351 e. The first-order valence-corrected chi connectivity index (χ1v) is 7.91. The molecule has 0 unspecified atom stereocenters. The van der Waals surface area contributed by atoms with Crippen molar-refractivity contribution in [1.29, 1.82) is 0 Å². The molecule has 2 heterocycles. The first-order chi connectivity index (χ1) is 11.2. The lowest BCUT2D eigenvalue weighted by atomic mass is 10.1. The molecule has 1 amide bonds. The summed E-state index contributed by atoms with van der Waals surface area (Å²) >= 11 is 0. The first kappa shape index (κ1) is 15.6. The molecule has 1 fully saturated rings. The summed E-state index contributed by atoms with van der Waals surface area (Å²) in [7, 11) is 0. The number of carbonyl (C=O) groups excluding carboxylic acids is 1. The molecule has 0 aliphatic carbocycles. The van der Waals surface area contributed by atoms with Gasteiger partial charge in [-0.2, -0.15) is 5.10 Å². The van der Waals surface area contributed by atoms with Gasteiger partial charge in [0.2, 0.25) is 0 Å². The first-order valence-electron chi connectivity index (χ1n) is 7.91. The van der Waals surface area contributed by atoms with E-state index in [1.165, 1.54) is 6.33 Å². The molecule has 0 bridgehead atoms. The molecule has 1 aromatic carbocycles. The van der Waals surface area contributed by atoms with Gasteiger partial charge < -0.3 is 10.6 Å². The highest BCUT2D eigenvalue weighted by atomic mass is 16.1. The number of hydrogen-bond donors (Lipinski definition) is 2. The molecular weight excluding hydrogens is 292 g/mol. The quantitative estimate of drug-likeness (QED) is 0.825. The Bertz CT molecular complexity index is 649. The standard InChI is InChI=1S/C16H22N6O/c1-13-10-14(2-3-15(13)22-12-18-11-20-22)16(23)19-6-9-21-7-4-17-5-8-21/h2-3,10-12,17H,4-9H2,1H3,(H,19,23). The van der Waals surface area contributed by atoms with Crippen LogP contribution in [0.1, 0.15) is 15.9 Å². The molecule has 1 aliphatic rings. The Labute approximate surface area is 135 Å². The molecule has 7 heteroatoms. The fourth-order valence-electron chi connectivity index (χ4n) is 2.75. The van der Waals surface area contributed by atoms with Crippen LogP contribution in [0.3, 0.4) is 0 Å². The van der Waals surface area contributed by atoms with E-state index in [0.717, 1.165) is 44.0 Å². The molecule has 1 saturated heterocycles. The number of nitrogens with zero attached hydrogens (tertiary/aromatic N) is 4. The largest absolute Gasteiger partial charge is 0.351 e. The van der Waals surface area contributed by atoms with Crippen LogP contribution in [0.5, 0.6) is 0 Å². The SMILES string of the molecule is Cc1cc(C(=O)NCCN2CCNCC2)ccc1-n1cncn1. The molecule has 122 valence electrons. The molecule has 0 atom stereocenters. The Morgan fingerprint density at radius 2 is 2.17 bits per heavy atom. The molecule has 0 spiro atoms. The summed E-state index contributed by atoms with van der Waals surface area (Å²) in [4.78, 5) is 18.6. The number of benzene rings is 1. The van der Waals surface area contributed by atoms with Gasteiger partial charge in [-0.15, -0.1) is 0 Å². The lowest BCUT2D eigenvalue weighted by Crippen LogP contribution is -2.46. The lowest BCUT2D eigenvalue weighted by Gasteiger charge is -2.27. The van der Waals surface area contributed by atoms with E-state index in [1.54, 1.807) is 11.0 Å². The number of nitrogens with one attached hydrogen (secondary N) is 2. The van der Waals surface area contributed by atoms with Crippen molar-refractivity contribution >= 4 is 5.91 Å². The van der Waals surface area contributed by atoms with Gasteiger partial charge in [0.1, 0.15) is 12.7 Å². The highest BCUT2D eigenvalue weighted by Gasteiger charge is 2.11. The van der Waals surface area contributed by atoms with E-state index in [0.29, 0.717) is 12.1 Å². The van der Waals surface area contributed by atoms with Gasteiger partial charge in [0, 0.05) is 44.8 Å². The Morgan fingerprint density at radius 1 is 1.35 bits per heavy atom. The highest BCUT2D eigenvalue weighted by Crippen LogP contribution is 2.14. The van der Waals surface area contributed by atoms with Crippen LogP contribution in [0.4, 0.5) is 0 Å². The number of aromatic nitrogens is 3. The van der Waals surface area contributed by atoms with E-state index in [2.05, 4.69) is 25.6 Å². The van der Waals surface area contributed by atoms with Crippen molar-refractivity contribution in [2.75, 3.05) is 39.3 Å². The summed E-state index contributed by atoms with van der Waals surface area (Å²) in [5.74, 6) is -0.0339. The molecule has 3 rings (SSSR count). The fraction of sp³-hybridized carbons (Fsp3) is 0.438. The molecule has 2 N–H and O–H groups in total. The Kier molecular flexibility index (Phi) is 4.99. The third-order valence-corrected chi connectivity index (χ3v) is 4.05. The second-order valence-corrected chi connectivity index (χ2v) is 5.69. The normalized spacial score (nSPS) is 15.5. The average molecular weight is 314 g/mol. The average Bonchev–Trinajstić information content (AvgIpc) is 3.10. The molecular formula is C16H22N6O. The van der Waals surface area contributed by atoms with Gasteiger partial charge in [0.15, 0.2) is 0 Å². The topological polar surface area (TPSA) is 75.1 Å². The van der Waals surface area contributed by atoms with Crippen molar-refractivity contribution in [3.05, 3.63) is 42.0 Å². The van der Waals surface area contributed by atoms with Crippen molar-refractivity contribution in [1.82, 2.24) is 30.3 Å². The van der Waals surface area contributed by atoms with E-state index in [-0.39, 0.29) is 5.91 Å². The summed E-state index contributed by atoms with van der Waals surface area (Å²) in [5.41, 5.74) is 2.59. The molecule has 1 aromatic heterocycles. The minimum atomic E-state index is -0.0339. The predicted octanol–water partition coefficient (Wildman–Crippen LogP) is 0.211. The summed E-state index contributed by atoms with van der Waals surface area (Å²) in [6.45, 7) is 7.66. The zero-order valence-electron chi connectivity index (χ0n) is 13.3. The minimum absolute atomic E-state index is 0.0339. The predicted molar refractivity (Wildman–Crippen MR) is 87.7 cm³/mol. The van der Waals surface area contributed by atoms with Crippen LogP contribution in [0, 0.1) is 6.92 Å². The van der Waals surface area contributed by atoms with Crippen molar-refractivity contribution in [2.45, 2.75) is 6.92 Å². The number of hydrogen-bond acceptors (Lipinski definition) is 5. The zero-order chi connectivity index (χ0) is 16.1. The number of carbonyl (C=O) groups is 1. The summed E-state index contributed by atoms with van der Waals surface area (Å²) in [5, 5.41) is 10.4. The van der Waals surface area contributed by atoms with Gasteiger partial charge in [0.05, 0.1) is 5.69 Å². The van der Waals surface area contributed by atoms with E-state index in [9.17, 15) is 4.79 Å². The number of amides is 1. The fourth-order valence-corrected chi connectivity index (χ4v) is 2.75. The molecule has 0 saturated carbocycles. The van der Waals surface area contributed by atoms with Crippen LogP contribution in [0.2, 0.25) is 0 Å². The van der Waals surface area contributed by atoms with Crippen LogP contribution in [0.25, 0.3) is 5.69 Å². The van der Waals surface area contributed by atoms with Gasteiger partial charge in [0.25, 0.3) is 5.91 Å². The Hall–Kier alpha value is -2.25. The van der Waals surface area contributed by atoms with Crippen molar-refractivity contribution in [2.24, 2.45) is 0 Å². The lowest BCUT2D eigenvalue weighted by molar-refractivity contribution is 0.0947. The summed E-state index contributed by atoms with van der Waals surface area (Å²) < 4.78 is 1.70. The van der Waals surface area contributed by atoms with Crippen molar-refractivity contribution < 1.29 is 4.79 Å². The van der Waals surface area contributed by atoms with Gasteiger partial charge in [-0.05, 0) is 30.7 Å². The smallest absolute Gasteiger partial charge is 0.251 e. The maximum atomic E-state index is 12.3.